The molecule has 0 unspecified atom stereocenters. The number of hydrogen-bond acceptors (Lipinski definition) is 4. The number of para-hydroxylation sites is 1. The van der Waals surface area contributed by atoms with Gasteiger partial charge < -0.3 is 10.2 Å². The van der Waals surface area contributed by atoms with Crippen molar-refractivity contribution < 1.29 is 0 Å². The van der Waals surface area contributed by atoms with Gasteiger partial charge in [-0.15, -0.1) is 0 Å². The lowest BCUT2D eigenvalue weighted by molar-refractivity contribution is 0.606. The summed E-state index contributed by atoms with van der Waals surface area (Å²) < 4.78 is 0. The Kier molecular flexibility index (Phi) is 5.75. The fourth-order valence-corrected chi connectivity index (χ4v) is 2.35. The highest BCUT2D eigenvalue weighted by Gasteiger charge is 2.11. The van der Waals surface area contributed by atoms with Gasteiger partial charge in [-0.1, -0.05) is 32.0 Å². The van der Waals surface area contributed by atoms with Crippen LogP contribution >= 0.6 is 0 Å². The second-order valence-electron chi connectivity index (χ2n) is 5.85. The Bertz CT molecular complexity index is 581. The largest absolute Gasteiger partial charge is 0.370 e. The summed E-state index contributed by atoms with van der Waals surface area (Å²) in [5.41, 5.74) is 1.15. The molecule has 0 aliphatic heterocycles. The second kappa shape index (κ2) is 7.78. The van der Waals surface area contributed by atoms with Crippen LogP contribution in [0.1, 0.15) is 33.0 Å². The molecule has 4 nitrogen and oxygen atoms in total. The van der Waals surface area contributed by atoms with E-state index in [1.165, 1.54) is 0 Å². The van der Waals surface area contributed by atoms with E-state index in [1.54, 1.807) is 0 Å². The maximum absolute atomic E-state index is 4.60. The van der Waals surface area contributed by atoms with Crippen molar-refractivity contribution in [1.29, 1.82) is 0 Å². The fourth-order valence-electron chi connectivity index (χ4n) is 2.35. The molecule has 0 saturated carbocycles. The standard InChI is InChI=1S/C18H26N4/c1-5-22(16-9-7-6-8-10-16)18-13-17(20-15(4)21-18)19-12-11-14(2)3/h6-10,13-14H,5,11-12H2,1-4H3,(H,19,20,21). The minimum absolute atomic E-state index is 0.686. The summed E-state index contributed by atoms with van der Waals surface area (Å²) in [6, 6.07) is 12.4. The van der Waals surface area contributed by atoms with Crippen LogP contribution in [0.2, 0.25) is 0 Å². The molecule has 1 N–H and O–H groups in total. The van der Waals surface area contributed by atoms with Crippen molar-refractivity contribution in [3.63, 3.8) is 0 Å². The Morgan fingerprint density at radius 2 is 1.86 bits per heavy atom. The molecule has 0 bridgehead atoms. The smallest absolute Gasteiger partial charge is 0.138 e. The number of aromatic nitrogens is 2. The van der Waals surface area contributed by atoms with Gasteiger partial charge in [0.15, 0.2) is 0 Å². The molecule has 0 saturated heterocycles. The van der Waals surface area contributed by atoms with Crippen molar-refractivity contribution in [2.24, 2.45) is 5.92 Å². The second-order valence-corrected chi connectivity index (χ2v) is 5.85. The van der Waals surface area contributed by atoms with Crippen LogP contribution < -0.4 is 10.2 Å². The van der Waals surface area contributed by atoms with Crippen LogP contribution in [-0.4, -0.2) is 23.1 Å². The van der Waals surface area contributed by atoms with Gasteiger partial charge >= 0.3 is 0 Å². The topological polar surface area (TPSA) is 41.0 Å². The average Bonchev–Trinajstić information content (AvgIpc) is 2.48. The van der Waals surface area contributed by atoms with Crippen molar-refractivity contribution in [2.75, 3.05) is 23.3 Å². The molecule has 118 valence electrons. The molecule has 2 rings (SSSR count). The van der Waals surface area contributed by atoms with Crippen LogP contribution in [-0.2, 0) is 0 Å². The third-order valence-electron chi connectivity index (χ3n) is 3.51. The summed E-state index contributed by atoms with van der Waals surface area (Å²) in [6.45, 7) is 10.3. The molecule has 2 aromatic rings. The highest BCUT2D eigenvalue weighted by atomic mass is 15.2. The van der Waals surface area contributed by atoms with E-state index in [-0.39, 0.29) is 0 Å². The number of nitrogens with one attached hydrogen (secondary N) is 1. The molecule has 4 heteroatoms. The van der Waals surface area contributed by atoms with Gasteiger partial charge in [0.25, 0.3) is 0 Å². The fraction of sp³-hybridized carbons (Fsp3) is 0.444. The first-order valence-corrected chi connectivity index (χ1v) is 8.02. The van der Waals surface area contributed by atoms with Crippen molar-refractivity contribution in [3.8, 4) is 0 Å². The number of anilines is 3. The molecule has 0 fully saturated rings. The Balaban J connectivity index is 2.20. The van der Waals surface area contributed by atoms with Gasteiger partial charge in [0, 0.05) is 24.8 Å². The predicted molar refractivity (Wildman–Crippen MR) is 93.8 cm³/mol. The first-order valence-electron chi connectivity index (χ1n) is 8.02. The van der Waals surface area contributed by atoms with Crippen LogP contribution in [0.3, 0.4) is 0 Å². The van der Waals surface area contributed by atoms with Gasteiger partial charge in [-0.25, -0.2) is 9.97 Å². The zero-order valence-electron chi connectivity index (χ0n) is 14.0. The molecule has 0 spiro atoms. The monoisotopic (exact) mass is 298 g/mol. The molecule has 1 heterocycles. The van der Waals surface area contributed by atoms with E-state index < -0.39 is 0 Å². The van der Waals surface area contributed by atoms with Crippen LogP contribution in [0.4, 0.5) is 17.3 Å². The van der Waals surface area contributed by atoms with E-state index in [4.69, 9.17) is 0 Å². The van der Waals surface area contributed by atoms with E-state index in [0.29, 0.717) is 5.92 Å². The highest BCUT2D eigenvalue weighted by Crippen LogP contribution is 2.24. The minimum atomic E-state index is 0.686. The Hall–Kier alpha value is -2.10. The van der Waals surface area contributed by atoms with E-state index in [9.17, 15) is 0 Å². The Morgan fingerprint density at radius 1 is 1.14 bits per heavy atom. The van der Waals surface area contributed by atoms with Gasteiger partial charge in [-0.2, -0.15) is 0 Å². The molecule has 22 heavy (non-hydrogen) atoms. The highest BCUT2D eigenvalue weighted by molar-refractivity contribution is 5.62. The molecule has 0 radical (unpaired) electrons. The van der Waals surface area contributed by atoms with E-state index in [1.807, 2.05) is 31.2 Å². The molecule has 1 aromatic heterocycles. The SMILES string of the molecule is CCN(c1ccccc1)c1cc(NCCC(C)C)nc(C)n1. The van der Waals surface area contributed by atoms with Crippen molar-refractivity contribution in [1.82, 2.24) is 9.97 Å². The lowest BCUT2D eigenvalue weighted by atomic mass is 10.1. The van der Waals surface area contributed by atoms with Crippen molar-refractivity contribution >= 4 is 17.3 Å². The van der Waals surface area contributed by atoms with Gasteiger partial charge in [0.05, 0.1) is 0 Å². The summed E-state index contributed by atoms with van der Waals surface area (Å²) in [5, 5.41) is 3.41. The Morgan fingerprint density at radius 3 is 2.50 bits per heavy atom. The molecular weight excluding hydrogens is 272 g/mol. The summed E-state index contributed by atoms with van der Waals surface area (Å²) in [6.07, 6.45) is 1.13. The first-order chi connectivity index (χ1) is 10.6. The lowest BCUT2D eigenvalue weighted by Crippen LogP contribution is -2.18. The molecule has 1 aromatic carbocycles. The number of aryl methyl sites for hydroxylation is 1. The third kappa shape index (κ3) is 4.45. The Labute approximate surface area is 133 Å². The summed E-state index contributed by atoms with van der Waals surface area (Å²) >= 11 is 0. The summed E-state index contributed by atoms with van der Waals surface area (Å²) in [4.78, 5) is 11.3. The zero-order chi connectivity index (χ0) is 15.9. The van der Waals surface area contributed by atoms with Gasteiger partial charge in [-0.3, -0.25) is 0 Å². The number of rotatable bonds is 7. The van der Waals surface area contributed by atoms with Gasteiger partial charge in [-0.05, 0) is 38.3 Å². The normalized spacial score (nSPS) is 10.8. The lowest BCUT2D eigenvalue weighted by Gasteiger charge is -2.23. The molecular formula is C18H26N4. The first kappa shape index (κ1) is 16.3. The van der Waals surface area contributed by atoms with Crippen LogP contribution in [0.25, 0.3) is 0 Å². The minimum Gasteiger partial charge on any atom is -0.370 e. The van der Waals surface area contributed by atoms with E-state index >= 15 is 0 Å². The maximum atomic E-state index is 4.60. The van der Waals surface area contributed by atoms with Crippen LogP contribution in [0, 0.1) is 12.8 Å². The molecule has 0 aliphatic carbocycles. The van der Waals surface area contributed by atoms with Crippen molar-refractivity contribution in [2.45, 2.75) is 34.1 Å². The molecule has 0 atom stereocenters. The van der Waals surface area contributed by atoms with Crippen LogP contribution in [0.5, 0.6) is 0 Å². The number of hydrogen-bond donors (Lipinski definition) is 1. The molecule has 0 amide bonds. The number of nitrogens with zero attached hydrogens (tertiary/aromatic N) is 3. The third-order valence-corrected chi connectivity index (χ3v) is 3.51. The van der Waals surface area contributed by atoms with Crippen molar-refractivity contribution in [3.05, 3.63) is 42.2 Å². The van der Waals surface area contributed by atoms with E-state index in [2.05, 4.69) is 53.1 Å². The molecule has 0 aliphatic rings. The predicted octanol–water partition coefficient (Wildman–Crippen LogP) is 4.40. The quantitative estimate of drug-likeness (QED) is 0.822. The zero-order valence-corrected chi connectivity index (χ0v) is 14.0. The summed E-state index contributed by atoms with van der Waals surface area (Å²) in [7, 11) is 0. The van der Waals surface area contributed by atoms with Gasteiger partial charge in [0.1, 0.15) is 17.5 Å². The van der Waals surface area contributed by atoms with Crippen LogP contribution in [0.15, 0.2) is 36.4 Å². The van der Waals surface area contributed by atoms with Gasteiger partial charge in [0.2, 0.25) is 0 Å². The average molecular weight is 298 g/mol. The van der Waals surface area contributed by atoms with E-state index in [0.717, 1.165) is 42.7 Å². The maximum Gasteiger partial charge on any atom is 0.138 e. The summed E-state index contributed by atoms with van der Waals surface area (Å²) in [5.74, 6) is 3.32. The number of benzene rings is 1.